The van der Waals surface area contributed by atoms with Crippen LogP contribution in [-0.4, -0.2) is 35.7 Å². The first-order valence-electron chi connectivity index (χ1n) is 8.23. The molecular weight excluding hydrogens is 292 g/mol. The third-order valence-corrected chi connectivity index (χ3v) is 5.33. The van der Waals surface area contributed by atoms with Crippen molar-refractivity contribution < 1.29 is 14.1 Å². The highest BCUT2D eigenvalue weighted by atomic mass is 16.5. The van der Waals surface area contributed by atoms with Gasteiger partial charge >= 0.3 is 0 Å². The molecule has 2 fully saturated rings. The minimum atomic E-state index is -0.0602. The minimum Gasteiger partial charge on any atom is -0.492 e. The number of carbonyl (C=O) groups excluding carboxylic acids is 1. The summed E-state index contributed by atoms with van der Waals surface area (Å²) in [5, 5.41) is 3.98. The van der Waals surface area contributed by atoms with E-state index in [2.05, 4.69) is 11.2 Å². The Bertz CT molecular complexity index is 780. The molecule has 1 spiro atoms. The van der Waals surface area contributed by atoms with Crippen molar-refractivity contribution in [2.24, 2.45) is 0 Å². The zero-order valence-electron chi connectivity index (χ0n) is 12.8. The number of carbonyl (C=O) groups is 1. The van der Waals surface area contributed by atoms with Crippen LogP contribution in [0.2, 0.25) is 0 Å². The first kappa shape index (κ1) is 13.2. The van der Waals surface area contributed by atoms with Gasteiger partial charge in [-0.25, -0.2) is 0 Å². The van der Waals surface area contributed by atoms with Gasteiger partial charge in [-0.2, -0.15) is 0 Å². The van der Waals surface area contributed by atoms with Gasteiger partial charge < -0.3 is 14.2 Å². The van der Waals surface area contributed by atoms with Crippen LogP contribution in [0.3, 0.4) is 0 Å². The lowest BCUT2D eigenvalue weighted by Crippen LogP contribution is -2.35. The van der Waals surface area contributed by atoms with Gasteiger partial charge in [0.1, 0.15) is 11.5 Å². The average molecular weight is 310 g/mol. The number of amides is 1. The number of hydrogen-bond donors (Lipinski definition) is 0. The zero-order chi connectivity index (χ0) is 15.4. The topological polar surface area (TPSA) is 55.6 Å². The van der Waals surface area contributed by atoms with Crippen molar-refractivity contribution in [1.29, 1.82) is 0 Å². The zero-order valence-corrected chi connectivity index (χ0v) is 12.8. The molecule has 23 heavy (non-hydrogen) atoms. The van der Waals surface area contributed by atoms with Crippen molar-refractivity contribution in [1.82, 2.24) is 10.1 Å². The Hall–Kier alpha value is -2.30. The number of hydrogen-bond acceptors (Lipinski definition) is 4. The Morgan fingerprint density at radius 2 is 2.17 bits per heavy atom. The summed E-state index contributed by atoms with van der Waals surface area (Å²) in [5.74, 6) is 2.27. The third kappa shape index (κ3) is 1.99. The molecular formula is C18H18N2O3. The number of benzene rings is 1. The molecule has 3 aliphatic rings. The maximum absolute atomic E-state index is 12.7. The molecule has 1 aromatic carbocycles. The van der Waals surface area contributed by atoms with Crippen LogP contribution >= 0.6 is 0 Å². The second kappa shape index (κ2) is 4.60. The fraction of sp³-hybridized carbons (Fsp3) is 0.444. The Morgan fingerprint density at radius 1 is 1.30 bits per heavy atom. The average Bonchev–Trinajstić information content (AvgIpc) is 3.04. The monoisotopic (exact) mass is 310 g/mol. The summed E-state index contributed by atoms with van der Waals surface area (Å²) in [4.78, 5) is 14.6. The van der Waals surface area contributed by atoms with Crippen LogP contribution in [0.25, 0.3) is 0 Å². The fourth-order valence-corrected chi connectivity index (χ4v) is 3.82. The molecule has 3 heterocycles. The normalized spacial score (nSPS) is 25.7. The third-order valence-electron chi connectivity index (χ3n) is 5.33. The van der Waals surface area contributed by atoms with Crippen LogP contribution in [0.5, 0.6) is 5.75 Å². The van der Waals surface area contributed by atoms with E-state index in [0.29, 0.717) is 24.8 Å². The summed E-state index contributed by atoms with van der Waals surface area (Å²) in [6.07, 6.45) is 3.22. The van der Waals surface area contributed by atoms with Crippen molar-refractivity contribution in [3.63, 3.8) is 0 Å². The molecule has 2 aromatic rings. The van der Waals surface area contributed by atoms with Crippen molar-refractivity contribution in [3.05, 3.63) is 47.3 Å². The number of rotatable bonds is 2. The second-order valence-electron chi connectivity index (χ2n) is 6.93. The molecule has 5 nitrogen and oxygen atoms in total. The van der Waals surface area contributed by atoms with Gasteiger partial charge in [0.25, 0.3) is 5.91 Å². The molecule has 1 saturated carbocycles. The number of fused-ring (bicyclic) bond motifs is 2. The fourth-order valence-electron chi connectivity index (χ4n) is 3.82. The molecule has 1 atom stereocenters. The molecule has 1 unspecified atom stereocenters. The lowest BCUT2D eigenvalue weighted by Gasteiger charge is -2.22. The standard InChI is InChI=1S/C18H18N2O3/c21-17(14-9-16(23-19-14)12-5-6-12)20-8-7-18(10-20)11-22-15-4-2-1-3-13(15)18/h1-4,9,12H,5-8,10-11H2. The summed E-state index contributed by atoms with van der Waals surface area (Å²) >= 11 is 0. The van der Waals surface area contributed by atoms with Crippen molar-refractivity contribution >= 4 is 5.91 Å². The molecule has 1 aliphatic carbocycles. The van der Waals surface area contributed by atoms with Gasteiger partial charge in [-0.3, -0.25) is 4.79 Å². The SMILES string of the molecule is O=C(c1cc(C2CC2)on1)N1CCC2(COc3ccccc32)C1. The first-order valence-corrected chi connectivity index (χ1v) is 8.23. The van der Waals surface area contributed by atoms with Crippen molar-refractivity contribution in [3.8, 4) is 5.75 Å². The largest absolute Gasteiger partial charge is 0.492 e. The molecule has 118 valence electrons. The predicted molar refractivity (Wildman–Crippen MR) is 82.6 cm³/mol. The molecule has 5 heteroatoms. The second-order valence-corrected chi connectivity index (χ2v) is 6.93. The van der Waals surface area contributed by atoms with E-state index in [1.165, 1.54) is 5.56 Å². The van der Waals surface area contributed by atoms with Gasteiger partial charge in [-0.15, -0.1) is 0 Å². The van der Waals surface area contributed by atoms with Crippen LogP contribution in [0, 0.1) is 0 Å². The van der Waals surface area contributed by atoms with Gasteiger partial charge in [0.15, 0.2) is 5.69 Å². The number of nitrogens with zero attached hydrogens (tertiary/aromatic N) is 2. The molecule has 1 amide bonds. The molecule has 5 rings (SSSR count). The Labute approximate surface area is 134 Å². The van der Waals surface area contributed by atoms with Gasteiger partial charge in [-0.05, 0) is 25.3 Å². The Balaban J connectivity index is 1.38. The van der Waals surface area contributed by atoms with E-state index >= 15 is 0 Å². The molecule has 0 N–H and O–H groups in total. The van der Waals surface area contributed by atoms with Crippen LogP contribution in [0.1, 0.15) is 47.0 Å². The highest BCUT2D eigenvalue weighted by Crippen LogP contribution is 2.45. The quantitative estimate of drug-likeness (QED) is 0.856. The van der Waals surface area contributed by atoms with E-state index in [-0.39, 0.29) is 11.3 Å². The van der Waals surface area contributed by atoms with E-state index in [9.17, 15) is 4.79 Å². The van der Waals surface area contributed by atoms with Crippen molar-refractivity contribution in [2.75, 3.05) is 19.7 Å². The smallest absolute Gasteiger partial charge is 0.276 e. The van der Waals surface area contributed by atoms with E-state index in [1.54, 1.807) is 0 Å². The summed E-state index contributed by atoms with van der Waals surface area (Å²) < 4.78 is 11.2. The molecule has 1 saturated heterocycles. The lowest BCUT2D eigenvalue weighted by molar-refractivity contribution is 0.0770. The number of likely N-dealkylation sites (tertiary alicyclic amines) is 1. The molecule has 2 aliphatic heterocycles. The van der Waals surface area contributed by atoms with Gasteiger partial charge in [0.05, 0.1) is 12.0 Å². The maximum atomic E-state index is 12.7. The molecule has 0 radical (unpaired) electrons. The highest BCUT2D eigenvalue weighted by Gasteiger charge is 2.47. The summed E-state index contributed by atoms with van der Waals surface area (Å²) in [6, 6.07) is 9.99. The lowest BCUT2D eigenvalue weighted by atomic mass is 9.82. The van der Waals surface area contributed by atoms with Crippen LogP contribution in [0.4, 0.5) is 0 Å². The van der Waals surface area contributed by atoms with Crippen molar-refractivity contribution in [2.45, 2.75) is 30.6 Å². The van der Waals surface area contributed by atoms with E-state index < -0.39 is 0 Å². The minimum absolute atomic E-state index is 0.0260. The van der Waals surface area contributed by atoms with Crippen LogP contribution in [0.15, 0.2) is 34.9 Å². The number of aromatic nitrogens is 1. The van der Waals surface area contributed by atoms with E-state index in [4.69, 9.17) is 9.26 Å². The van der Waals surface area contributed by atoms with Crippen LogP contribution in [-0.2, 0) is 5.41 Å². The maximum Gasteiger partial charge on any atom is 0.276 e. The Morgan fingerprint density at radius 3 is 3.04 bits per heavy atom. The predicted octanol–water partition coefficient (Wildman–Crippen LogP) is 2.73. The van der Waals surface area contributed by atoms with Gasteiger partial charge in [-0.1, -0.05) is 23.4 Å². The van der Waals surface area contributed by atoms with E-state index in [0.717, 1.165) is 37.3 Å². The van der Waals surface area contributed by atoms with Crippen LogP contribution < -0.4 is 4.74 Å². The summed E-state index contributed by atoms with van der Waals surface area (Å²) in [5.41, 5.74) is 1.61. The molecule has 1 aromatic heterocycles. The van der Waals surface area contributed by atoms with Gasteiger partial charge in [0, 0.05) is 30.6 Å². The summed E-state index contributed by atoms with van der Waals surface area (Å²) in [7, 11) is 0. The number of ether oxygens (including phenoxy) is 1. The number of para-hydroxylation sites is 1. The van der Waals surface area contributed by atoms with Gasteiger partial charge in [0.2, 0.25) is 0 Å². The summed E-state index contributed by atoms with van der Waals surface area (Å²) in [6.45, 7) is 2.08. The van der Waals surface area contributed by atoms with E-state index in [1.807, 2.05) is 29.2 Å². The molecule has 0 bridgehead atoms. The highest BCUT2D eigenvalue weighted by molar-refractivity contribution is 5.92. The Kier molecular flexibility index (Phi) is 2.63. The first-order chi connectivity index (χ1) is 11.3.